The highest BCUT2D eigenvalue weighted by Gasteiger charge is 2.09. The quantitative estimate of drug-likeness (QED) is 0.608. The molecule has 0 atom stereocenters. The van der Waals surface area contributed by atoms with E-state index in [1.807, 2.05) is 6.92 Å². The minimum Gasteiger partial charge on any atom is -0.286 e. The minimum atomic E-state index is 0.992. The molecule has 0 aliphatic heterocycles. The standard InChI is InChI=1S/C13H11BrN2/c1-8-4-3-5-10-6-7-11-15-9(2)13(14)16(11)12(8)10/h3-7H,1-2H3. The van der Waals surface area contributed by atoms with Crippen LogP contribution in [0, 0.1) is 13.8 Å². The summed E-state index contributed by atoms with van der Waals surface area (Å²) in [5.41, 5.74) is 4.51. The molecule has 0 unspecified atom stereocenters. The fraction of sp³-hybridized carbons (Fsp3) is 0.154. The molecule has 0 bridgehead atoms. The number of fused-ring (bicyclic) bond motifs is 3. The highest BCUT2D eigenvalue weighted by molar-refractivity contribution is 9.10. The summed E-state index contributed by atoms with van der Waals surface area (Å²) in [6, 6.07) is 10.5. The van der Waals surface area contributed by atoms with Crippen LogP contribution < -0.4 is 0 Å². The molecule has 0 saturated heterocycles. The van der Waals surface area contributed by atoms with Crippen molar-refractivity contribution in [3.05, 3.63) is 46.2 Å². The molecule has 0 fully saturated rings. The number of hydrogen-bond acceptors (Lipinski definition) is 1. The smallest absolute Gasteiger partial charge is 0.138 e. The minimum absolute atomic E-state index is 0.992. The molecule has 80 valence electrons. The Morgan fingerprint density at radius 3 is 2.75 bits per heavy atom. The number of hydrogen-bond donors (Lipinski definition) is 0. The van der Waals surface area contributed by atoms with Crippen molar-refractivity contribution in [3.8, 4) is 0 Å². The van der Waals surface area contributed by atoms with Gasteiger partial charge in [0.25, 0.3) is 0 Å². The Bertz CT molecular complexity index is 698. The number of nitrogens with zero attached hydrogens (tertiary/aromatic N) is 2. The first-order valence-electron chi connectivity index (χ1n) is 5.21. The van der Waals surface area contributed by atoms with Crippen LogP contribution in [0.3, 0.4) is 0 Å². The highest BCUT2D eigenvalue weighted by atomic mass is 79.9. The fourth-order valence-corrected chi connectivity index (χ4v) is 2.59. The van der Waals surface area contributed by atoms with Gasteiger partial charge in [-0.15, -0.1) is 0 Å². The number of para-hydroxylation sites is 1. The van der Waals surface area contributed by atoms with Crippen LogP contribution in [-0.4, -0.2) is 9.38 Å². The Hall–Kier alpha value is -1.35. The lowest BCUT2D eigenvalue weighted by Crippen LogP contribution is -1.91. The molecule has 16 heavy (non-hydrogen) atoms. The molecule has 3 aromatic rings. The van der Waals surface area contributed by atoms with Crippen molar-refractivity contribution in [1.29, 1.82) is 0 Å². The summed E-state index contributed by atoms with van der Waals surface area (Å²) in [7, 11) is 0. The van der Waals surface area contributed by atoms with Gasteiger partial charge in [0.15, 0.2) is 0 Å². The van der Waals surface area contributed by atoms with E-state index < -0.39 is 0 Å². The molecule has 0 aliphatic carbocycles. The van der Waals surface area contributed by atoms with E-state index in [0.29, 0.717) is 0 Å². The van der Waals surface area contributed by atoms with Gasteiger partial charge in [-0.25, -0.2) is 4.98 Å². The fourth-order valence-electron chi connectivity index (χ4n) is 2.14. The Balaban J connectivity index is 2.67. The lowest BCUT2D eigenvalue weighted by molar-refractivity contribution is 1.19. The maximum absolute atomic E-state index is 4.52. The molecular weight excluding hydrogens is 264 g/mol. The first-order valence-corrected chi connectivity index (χ1v) is 6.00. The zero-order valence-corrected chi connectivity index (χ0v) is 10.7. The Morgan fingerprint density at radius 2 is 1.94 bits per heavy atom. The number of aryl methyl sites for hydroxylation is 2. The molecule has 1 aromatic carbocycles. The normalized spacial score (nSPS) is 11.4. The van der Waals surface area contributed by atoms with Gasteiger partial charge in [-0.05, 0) is 52.9 Å². The second-order valence-corrected chi connectivity index (χ2v) is 4.78. The van der Waals surface area contributed by atoms with Crippen LogP contribution in [-0.2, 0) is 0 Å². The zero-order valence-electron chi connectivity index (χ0n) is 9.16. The number of halogens is 1. The van der Waals surface area contributed by atoms with Gasteiger partial charge < -0.3 is 0 Å². The molecule has 2 nitrogen and oxygen atoms in total. The van der Waals surface area contributed by atoms with Crippen molar-refractivity contribution in [3.63, 3.8) is 0 Å². The maximum atomic E-state index is 4.52. The summed E-state index contributed by atoms with van der Waals surface area (Å²) in [6.45, 7) is 4.14. The molecule has 2 heterocycles. The Morgan fingerprint density at radius 1 is 1.12 bits per heavy atom. The van der Waals surface area contributed by atoms with Crippen molar-refractivity contribution >= 4 is 32.5 Å². The first kappa shape index (κ1) is 9.85. The summed E-state index contributed by atoms with van der Waals surface area (Å²) in [5, 5.41) is 1.24. The molecule has 0 amide bonds. The van der Waals surface area contributed by atoms with Gasteiger partial charge >= 0.3 is 0 Å². The third-order valence-corrected chi connectivity index (χ3v) is 3.84. The molecule has 0 saturated carbocycles. The topological polar surface area (TPSA) is 17.3 Å². The van der Waals surface area contributed by atoms with Crippen molar-refractivity contribution in [2.45, 2.75) is 13.8 Å². The van der Waals surface area contributed by atoms with Crippen molar-refractivity contribution in [2.75, 3.05) is 0 Å². The van der Waals surface area contributed by atoms with Crippen LogP contribution in [0.5, 0.6) is 0 Å². The second kappa shape index (κ2) is 3.32. The summed E-state index contributed by atoms with van der Waals surface area (Å²) < 4.78 is 3.21. The van der Waals surface area contributed by atoms with Gasteiger partial charge in [0.2, 0.25) is 0 Å². The SMILES string of the molecule is Cc1nc2ccc3cccc(C)c3n2c1Br. The molecule has 3 heteroatoms. The number of benzene rings is 1. The Kier molecular flexibility index (Phi) is 2.04. The van der Waals surface area contributed by atoms with Crippen molar-refractivity contribution in [2.24, 2.45) is 0 Å². The van der Waals surface area contributed by atoms with Crippen molar-refractivity contribution < 1.29 is 0 Å². The van der Waals surface area contributed by atoms with E-state index in [-0.39, 0.29) is 0 Å². The van der Waals surface area contributed by atoms with E-state index in [9.17, 15) is 0 Å². The third-order valence-electron chi connectivity index (χ3n) is 2.91. The largest absolute Gasteiger partial charge is 0.286 e. The molecule has 0 spiro atoms. The van der Waals surface area contributed by atoms with Crippen LogP contribution >= 0.6 is 15.9 Å². The zero-order chi connectivity index (χ0) is 11.3. The second-order valence-electron chi connectivity index (χ2n) is 4.03. The van der Waals surface area contributed by atoms with E-state index in [1.54, 1.807) is 0 Å². The summed E-state index contributed by atoms with van der Waals surface area (Å²) in [6.07, 6.45) is 0. The van der Waals surface area contributed by atoms with Crippen LogP contribution in [0.1, 0.15) is 11.3 Å². The van der Waals surface area contributed by atoms with Crippen LogP contribution in [0.25, 0.3) is 16.6 Å². The van der Waals surface area contributed by atoms with E-state index >= 15 is 0 Å². The maximum Gasteiger partial charge on any atom is 0.138 e. The van der Waals surface area contributed by atoms with Gasteiger partial charge in [-0.2, -0.15) is 0 Å². The summed E-state index contributed by atoms with van der Waals surface area (Å²) in [4.78, 5) is 4.52. The van der Waals surface area contributed by atoms with Crippen molar-refractivity contribution in [1.82, 2.24) is 9.38 Å². The van der Waals surface area contributed by atoms with Gasteiger partial charge in [-0.1, -0.05) is 18.2 Å². The predicted molar refractivity (Wildman–Crippen MR) is 69.9 cm³/mol. The molecular formula is C13H11BrN2. The van der Waals surface area contributed by atoms with Gasteiger partial charge in [-0.3, -0.25) is 4.40 Å². The van der Waals surface area contributed by atoms with Crippen LogP contribution in [0.4, 0.5) is 0 Å². The summed E-state index contributed by atoms with van der Waals surface area (Å²) >= 11 is 3.61. The predicted octanol–water partition coefficient (Wildman–Crippen LogP) is 3.87. The van der Waals surface area contributed by atoms with Crippen LogP contribution in [0.2, 0.25) is 0 Å². The van der Waals surface area contributed by atoms with Gasteiger partial charge in [0.1, 0.15) is 10.3 Å². The Labute approximate surface area is 102 Å². The van der Waals surface area contributed by atoms with Gasteiger partial charge in [0.05, 0.1) is 11.2 Å². The lowest BCUT2D eigenvalue weighted by Gasteiger charge is -2.06. The average molecular weight is 275 g/mol. The average Bonchev–Trinajstić information content (AvgIpc) is 2.56. The number of aromatic nitrogens is 2. The molecule has 0 radical (unpaired) electrons. The number of imidazole rings is 1. The van der Waals surface area contributed by atoms with Crippen LogP contribution in [0.15, 0.2) is 34.9 Å². The molecule has 2 aromatic heterocycles. The molecule has 3 rings (SSSR count). The lowest BCUT2D eigenvalue weighted by atomic mass is 10.1. The third kappa shape index (κ3) is 1.21. The molecule has 0 N–H and O–H groups in total. The van der Waals surface area contributed by atoms with E-state index in [2.05, 4.69) is 62.6 Å². The van der Waals surface area contributed by atoms with E-state index in [1.165, 1.54) is 16.5 Å². The summed E-state index contributed by atoms with van der Waals surface area (Å²) in [5.74, 6) is 0. The molecule has 0 aliphatic rings. The number of rotatable bonds is 0. The monoisotopic (exact) mass is 274 g/mol. The van der Waals surface area contributed by atoms with Gasteiger partial charge in [0, 0.05) is 0 Å². The number of pyridine rings is 1. The first-order chi connectivity index (χ1) is 7.68. The van der Waals surface area contributed by atoms with E-state index in [4.69, 9.17) is 0 Å². The highest BCUT2D eigenvalue weighted by Crippen LogP contribution is 2.26. The van der Waals surface area contributed by atoms with E-state index in [0.717, 1.165) is 15.9 Å².